The van der Waals surface area contributed by atoms with E-state index in [0.29, 0.717) is 11.4 Å². The molecule has 94 valence electrons. The van der Waals surface area contributed by atoms with Crippen molar-refractivity contribution in [2.75, 3.05) is 6.61 Å². The van der Waals surface area contributed by atoms with Crippen LogP contribution in [0.5, 0.6) is 0 Å². The molecule has 0 aliphatic rings. The summed E-state index contributed by atoms with van der Waals surface area (Å²) < 4.78 is 12.8. The number of benzene rings is 2. The van der Waals surface area contributed by atoms with E-state index in [1.807, 2.05) is 24.3 Å². The van der Waals surface area contributed by atoms with Gasteiger partial charge in [0.1, 0.15) is 5.82 Å². The summed E-state index contributed by atoms with van der Waals surface area (Å²) in [5.74, 6) is -0.284. The Morgan fingerprint density at radius 1 is 1.00 bits per heavy atom. The normalized spacial score (nSPS) is 12.4. The summed E-state index contributed by atoms with van der Waals surface area (Å²) in [6.45, 7) is 0.0360. The molecule has 0 amide bonds. The van der Waals surface area contributed by atoms with Crippen LogP contribution < -0.4 is 0 Å². The lowest BCUT2D eigenvalue weighted by molar-refractivity contribution is 0.264. The van der Waals surface area contributed by atoms with E-state index in [1.165, 1.54) is 12.1 Å². The molecule has 1 N–H and O–H groups in total. The molecule has 0 aliphatic carbocycles. The Morgan fingerprint density at radius 2 is 1.61 bits per heavy atom. The van der Waals surface area contributed by atoms with Gasteiger partial charge in [0.25, 0.3) is 0 Å². The van der Waals surface area contributed by atoms with Gasteiger partial charge in [0.05, 0.1) is 6.61 Å². The monoisotopic (exact) mass is 264 g/mol. The van der Waals surface area contributed by atoms with Crippen LogP contribution in [0.1, 0.15) is 17.0 Å². The highest BCUT2D eigenvalue weighted by atomic mass is 35.5. The minimum absolute atomic E-state index is 0.0215. The van der Waals surface area contributed by atoms with Gasteiger partial charge < -0.3 is 5.11 Å². The smallest absolute Gasteiger partial charge is 0.123 e. The molecule has 18 heavy (non-hydrogen) atoms. The second kappa shape index (κ2) is 5.98. The summed E-state index contributed by atoms with van der Waals surface area (Å²) in [6.07, 6.45) is 0.708. The van der Waals surface area contributed by atoms with E-state index < -0.39 is 0 Å². The zero-order valence-electron chi connectivity index (χ0n) is 9.81. The third kappa shape index (κ3) is 3.31. The van der Waals surface area contributed by atoms with Crippen LogP contribution in [0.2, 0.25) is 5.02 Å². The average Bonchev–Trinajstić information content (AvgIpc) is 2.39. The topological polar surface area (TPSA) is 20.2 Å². The molecule has 0 aliphatic heterocycles. The van der Waals surface area contributed by atoms with Crippen molar-refractivity contribution >= 4 is 11.6 Å². The predicted molar refractivity (Wildman–Crippen MR) is 71.4 cm³/mol. The summed E-state index contributed by atoms with van der Waals surface area (Å²) in [4.78, 5) is 0. The van der Waals surface area contributed by atoms with Crippen molar-refractivity contribution in [1.82, 2.24) is 0 Å². The Balaban J connectivity index is 2.14. The molecule has 0 fully saturated rings. The van der Waals surface area contributed by atoms with Gasteiger partial charge in [-0.1, -0.05) is 35.9 Å². The Kier molecular flexibility index (Phi) is 4.34. The molecule has 1 unspecified atom stereocenters. The molecule has 1 atom stereocenters. The fraction of sp³-hybridized carbons (Fsp3) is 0.200. The first-order chi connectivity index (χ1) is 8.69. The molecule has 2 aromatic rings. The maximum absolute atomic E-state index is 12.8. The number of aliphatic hydroxyl groups excluding tert-OH is 1. The number of rotatable bonds is 4. The van der Waals surface area contributed by atoms with Crippen LogP contribution in [0.3, 0.4) is 0 Å². The van der Waals surface area contributed by atoms with Crippen LogP contribution in [0.15, 0.2) is 48.5 Å². The van der Waals surface area contributed by atoms with Crippen molar-refractivity contribution < 1.29 is 9.50 Å². The highest BCUT2D eigenvalue weighted by molar-refractivity contribution is 6.30. The summed E-state index contributed by atoms with van der Waals surface area (Å²) in [7, 11) is 0. The molecule has 0 aromatic heterocycles. The number of hydrogen-bond donors (Lipinski definition) is 1. The van der Waals surface area contributed by atoms with Crippen LogP contribution >= 0.6 is 11.6 Å². The second-order valence-corrected chi connectivity index (χ2v) is 4.70. The molecule has 1 nitrogen and oxygen atoms in total. The average molecular weight is 265 g/mol. The summed E-state index contributed by atoms with van der Waals surface area (Å²) in [6, 6.07) is 13.8. The third-order valence-electron chi connectivity index (χ3n) is 2.96. The van der Waals surface area contributed by atoms with Crippen molar-refractivity contribution in [2.45, 2.75) is 12.3 Å². The number of hydrogen-bond acceptors (Lipinski definition) is 1. The van der Waals surface area contributed by atoms with Crippen molar-refractivity contribution in [3.63, 3.8) is 0 Å². The van der Waals surface area contributed by atoms with Crippen LogP contribution in [-0.4, -0.2) is 11.7 Å². The van der Waals surface area contributed by atoms with E-state index in [4.69, 9.17) is 11.6 Å². The first kappa shape index (κ1) is 13.1. The Bertz CT molecular complexity index is 493. The van der Waals surface area contributed by atoms with E-state index in [1.54, 1.807) is 12.1 Å². The summed E-state index contributed by atoms with van der Waals surface area (Å²) in [5, 5.41) is 10.1. The molecule has 0 saturated heterocycles. The molecule has 0 spiro atoms. The maximum Gasteiger partial charge on any atom is 0.123 e. The molecule has 2 aromatic carbocycles. The van der Waals surface area contributed by atoms with Crippen LogP contribution in [0.4, 0.5) is 4.39 Å². The van der Waals surface area contributed by atoms with Crippen molar-refractivity contribution in [2.24, 2.45) is 0 Å². The van der Waals surface area contributed by atoms with Crippen molar-refractivity contribution in [3.05, 3.63) is 70.5 Å². The fourth-order valence-corrected chi connectivity index (χ4v) is 2.05. The number of aliphatic hydroxyl groups is 1. The van der Waals surface area contributed by atoms with Crippen LogP contribution in [-0.2, 0) is 6.42 Å². The van der Waals surface area contributed by atoms with Gasteiger partial charge >= 0.3 is 0 Å². The Labute approximate surface area is 111 Å². The molecule has 0 heterocycles. The molecule has 0 saturated carbocycles. The first-order valence-electron chi connectivity index (χ1n) is 5.80. The minimum Gasteiger partial charge on any atom is -0.396 e. The van der Waals surface area contributed by atoms with Crippen LogP contribution in [0, 0.1) is 5.82 Å². The Morgan fingerprint density at radius 3 is 2.17 bits per heavy atom. The zero-order chi connectivity index (χ0) is 13.0. The lowest BCUT2D eigenvalue weighted by Gasteiger charge is -2.14. The van der Waals surface area contributed by atoms with Gasteiger partial charge in [0.15, 0.2) is 0 Å². The molecule has 0 radical (unpaired) electrons. The van der Waals surface area contributed by atoms with E-state index in [-0.39, 0.29) is 18.3 Å². The Hall–Kier alpha value is -1.38. The molecule has 0 bridgehead atoms. The predicted octanol–water partition coefficient (Wildman–Crippen LogP) is 3.80. The van der Waals surface area contributed by atoms with Crippen LogP contribution in [0.25, 0.3) is 0 Å². The van der Waals surface area contributed by atoms with E-state index in [2.05, 4.69) is 0 Å². The maximum atomic E-state index is 12.8. The molecular weight excluding hydrogens is 251 g/mol. The number of halogens is 2. The largest absolute Gasteiger partial charge is 0.396 e. The quantitative estimate of drug-likeness (QED) is 0.891. The zero-order valence-corrected chi connectivity index (χ0v) is 10.6. The van der Waals surface area contributed by atoms with E-state index >= 15 is 0 Å². The molecular formula is C15H14ClFO. The fourth-order valence-electron chi connectivity index (χ4n) is 1.93. The SMILES string of the molecule is OCC(Cc1ccc(Cl)cc1)c1ccc(F)cc1. The standard InChI is InChI=1S/C15H14ClFO/c16-14-5-1-11(2-6-14)9-13(10-18)12-3-7-15(17)8-4-12/h1-8,13,18H,9-10H2. The van der Waals surface area contributed by atoms with Gasteiger partial charge in [-0.05, 0) is 41.8 Å². The summed E-state index contributed by atoms with van der Waals surface area (Å²) in [5.41, 5.74) is 2.04. The third-order valence-corrected chi connectivity index (χ3v) is 3.21. The first-order valence-corrected chi connectivity index (χ1v) is 6.17. The van der Waals surface area contributed by atoms with Gasteiger partial charge in [0, 0.05) is 10.9 Å². The molecule has 2 rings (SSSR count). The van der Waals surface area contributed by atoms with Crippen molar-refractivity contribution in [3.8, 4) is 0 Å². The van der Waals surface area contributed by atoms with E-state index in [0.717, 1.165) is 11.1 Å². The minimum atomic E-state index is -0.262. The van der Waals surface area contributed by atoms with Gasteiger partial charge in [-0.25, -0.2) is 4.39 Å². The van der Waals surface area contributed by atoms with Crippen molar-refractivity contribution in [1.29, 1.82) is 0 Å². The van der Waals surface area contributed by atoms with E-state index in [9.17, 15) is 9.50 Å². The lowest BCUT2D eigenvalue weighted by Crippen LogP contribution is -2.07. The summed E-state index contributed by atoms with van der Waals surface area (Å²) >= 11 is 5.83. The van der Waals surface area contributed by atoms with Gasteiger partial charge in [-0.2, -0.15) is 0 Å². The van der Waals surface area contributed by atoms with Gasteiger partial charge in [0.2, 0.25) is 0 Å². The highest BCUT2D eigenvalue weighted by Crippen LogP contribution is 2.21. The van der Waals surface area contributed by atoms with Gasteiger partial charge in [-0.3, -0.25) is 0 Å². The molecule has 3 heteroatoms. The lowest BCUT2D eigenvalue weighted by atomic mass is 9.93. The second-order valence-electron chi connectivity index (χ2n) is 4.26. The highest BCUT2D eigenvalue weighted by Gasteiger charge is 2.11. The van der Waals surface area contributed by atoms with Gasteiger partial charge in [-0.15, -0.1) is 0 Å².